The van der Waals surface area contributed by atoms with Crippen LogP contribution in [0.4, 0.5) is 5.82 Å². The molecule has 0 aliphatic heterocycles. The quantitative estimate of drug-likeness (QED) is 0.486. The third kappa shape index (κ3) is 4.64. The number of aromatic nitrogens is 5. The second kappa shape index (κ2) is 8.97. The molecule has 0 radical (unpaired) electrons. The van der Waals surface area contributed by atoms with Crippen LogP contribution in [0.5, 0.6) is 0 Å². The first-order valence-corrected chi connectivity index (χ1v) is 10.4. The lowest BCUT2D eigenvalue weighted by Gasteiger charge is -2.13. The summed E-state index contributed by atoms with van der Waals surface area (Å²) in [5.41, 5.74) is 10.7. The molecule has 1 amide bonds. The number of carbonyl (C=O) groups is 1. The number of nitrogen functional groups attached to an aromatic ring is 1. The number of aryl methyl sites for hydroxylation is 1. The lowest BCUT2D eigenvalue weighted by atomic mass is 10.0. The van der Waals surface area contributed by atoms with Gasteiger partial charge >= 0.3 is 0 Å². The number of nitrogens with two attached hydrogens (primary N) is 1. The number of pyridine rings is 1. The van der Waals surface area contributed by atoms with E-state index in [0.29, 0.717) is 17.1 Å². The molecular weight excluding hydrogens is 402 g/mol. The summed E-state index contributed by atoms with van der Waals surface area (Å²) in [5, 5.41) is 15.1. The Morgan fingerprint density at radius 2 is 1.84 bits per heavy atom. The van der Waals surface area contributed by atoms with Crippen LogP contribution >= 0.6 is 0 Å². The fraction of sp³-hybridized carbons (Fsp3) is 0.208. The van der Waals surface area contributed by atoms with Gasteiger partial charge in [-0.25, -0.2) is 4.98 Å². The average molecular weight is 428 g/mol. The second-order valence-corrected chi connectivity index (χ2v) is 7.97. The van der Waals surface area contributed by atoms with E-state index < -0.39 is 0 Å². The van der Waals surface area contributed by atoms with E-state index in [1.807, 2.05) is 69.3 Å². The Hall–Kier alpha value is -4.07. The van der Waals surface area contributed by atoms with Gasteiger partial charge in [-0.15, -0.1) is 5.10 Å². The van der Waals surface area contributed by atoms with Gasteiger partial charge in [0.05, 0.1) is 17.9 Å². The summed E-state index contributed by atoms with van der Waals surface area (Å²) < 4.78 is 1.68. The van der Waals surface area contributed by atoms with Crippen molar-refractivity contribution < 1.29 is 4.79 Å². The number of carbonyl (C=O) groups excluding carboxylic acids is 1. The van der Waals surface area contributed by atoms with Crippen LogP contribution in [-0.2, 0) is 6.54 Å². The van der Waals surface area contributed by atoms with Gasteiger partial charge in [-0.3, -0.25) is 4.79 Å². The maximum Gasteiger partial charge on any atom is 0.251 e. The Morgan fingerprint density at radius 1 is 1.06 bits per heavy atom. The Morgan fingerprint density at radius 3 is 2.56 bits per heavy atom. The van der Waals surface area contributed by atoms with Crippen molar-refractivity contribution >= 4 is 11.7 Å². The Balaban J connectivity index is 1.72. The van der Waals surface area contributed by atoms with Crippen LogP contribution in [0.2, 0.25) is 0 Å². The number of hydrogen-bond donors (Lipinski definition) is 2. The van der Waals surface area contributed by atoms with Gasteiger partial charge < -0.3 is 11.1 Å². The minimum atomic E-state index is -0.219. The topological polar surface area (TPSA) is 112 Å². The van der Waals surface area contributed by atoms with E-state index in [9.17, 15) is 4.79 Å². The molecular formula is C24H25N7O. The van der Waals surface area contributed by atoms with Crippen LogP contribution < -0.4 is 11.1 Å². The number of nitrogens with zero attached hydrogens (tertiary/aromatic N) is 5. The number of tetrazole rings is 1. The summed E-state index contributed by atoms with van der Waals surface area (Å²) in [6.45, 7) is 6.37. The first-order valence-electron chi connectivity index (χ1n) is 10.4. The molecule has 2 heterocycles. The highest BCUT2D eigenvalue weighted by atomic mass is 16.1. The molecule has 0 aliphatic carbocycles. The van der Waals surface area contributed by atoms with Crippen LogP contribution in [0.25, 0.3) is 16.8 Å². The van der Waals surface area contributed by atoms with E-state index >= 15 is 0 Å². The number of anilines is 1. The van der Waals surface area contributed by atoms with Crippen molar-refractivity contribution in [1.82, 2.24) is 30.5 Å². The van der Waals surface area contributed by atoms with Crippen LogP contribution in [0.1, 0.15) is 47.2 Å². The molecule has 0 atom stereocenters. The Labute approximate surface area is 186 Å². The number of amides is 1. The van der Waals surface area contributed by atoms with Crippen molar-refractivity contribution in [3.8, 4) is 16.8 Å². The smallest absolute Gasteiger partial charge is 0.251 e. The summed E-state index contributed by atoms with van der Waals surface area (Å²) in [6, 6.07) is 19.2. The van der Waals surface area contributed by atoms with Gasteiger partial charge in [0.15, 0.2) is 5.82 Å². The first kappa shape index (κ1) is 21.2. The highest BCUT2D eigenvalue weighted by Gasteiger charge is 2.16. The molecule has 2 aromatic heterocycles. The number of hydrogen-bond acceptors (Lipinski definition) is 6. The average Bonchev–Trinajstić information content (AvgIpc) is 3.28. The van der Waals surface area contributed by atoms with Gasteiger partial charge in [0, 0.05) is 11.5 Å². The second-order valence-electron chi connectivity index (χ2n) is 7.97. The van der Waals surface area contributed by atoms with E-state index in [4.69, 9.17) is 5.73 Å². The lowest BCUT2D eigenvalue weighted by molar-refractivity contribution is 0.0950. The minimum Gasteiger partial charge on any atom is -0.384 e. The number of nitrogens with one attached hydrogen (secondary N) is 1. The minimum absolute atomic E-state index is 0.125. The molecule has 32 heavy (non-hydrogen) atoms. The van der Waals surface area contributed by atoms with Crippen molar-refractivity contribution in [2.24, 2.45) is 0 Å². The molecule has 0 unspecified atom stereocenters. The normalized spacial score (nSPS) is 11.0. The molecule has 3 N–H and O–H groups in total. The van der Waals surface area contributed by atoms with Crippen LogP contribution in [0, 0.1) is 6.92 Å². The number of benzene rings is 2. The fourth-order valence-electron chi connectivity index (χ4n) is 3.38. The van der Waals surface area contributed by atoms with Crippen molar-refractivity contribution in [3.05, 3.63) is 83.3 Å². The fourth-order valence-corrected chi connectivity index (χ4v) is 3.38. The molecule has 4 rings (SSSR count). The lowest BCUT2D eigenvalue weighted by Crippen LogP contribution is -2.23. The zero-order chi connectivity index (χ0) is 22.7. The van der Waals surface area contributed by atoms with Crippen molar-refractivity contribution in [3.63, 3.8) is 0 Å². The van der Waals surface area contributed by atoms with Crippen molar-refractivity contribution in [1.29, 1.82) is 0 Å². The standard InChI is InChI=1S/C24H25N7O/c1-15(2)23-28-29-30-31(23)21-12-18(17-9-7-16(3)8-10-17)11-19(13-21)24(32)26-14-20-5-4-6-22(25)27-20/h4-13,15H,14H2,1-3H3,(H2,25,27)(H,26,32). The molecule has 8 nitrogen and oxygen atoms in total. The van der Waals surface area contributed by atoms with Crippen LogP contribution in [-0.4, -0.2) is 31.1 Å². The molecule has 4 aromatic rings. The molecule has 162 valence electrons. The molecule has 0 saturated carbocycles. The molecule has 0 aliphatic rings. The van der Waals surface area contributed by atoms with Gasteiger partial charge in [0.2, 0.25) is 0 Å². The highest BCUT2D eigenvalue weighted by molar-refractivity contribution is 5.96. The van der Waals surface area contributed by atoms with Crippen LogP contribution in [0.3, 0.4) is 0 Å². The Kier molecular flexibility index (Phi) is 5.93. The van der Waals surface area contributed by atoms with Crippen molar-refractivity contribution in [2.75, 3.05) is 5.73 Å². The summed E-state index contributed by atoms with van der Waals surface area (Å²) in [5.74, 6) is 1.05. The maximum absolute atomic E-state index is 13.1. The molecule has 8 heteroatoms. The predicted octanol–water partition coefficient (Wildman–Crippen LogP) is 3.67. The molecule has 0 bridgehead atoms. The van der Waals surface area contributed by atoms with Gasteiger partial charge in [-0.1, -0.05) is 49.7 Å². The predicted molar refractivity (Wildman–Crippen MR) is 123 cm³/mol. The Bertz CT molecular complexity index is 1250. The largest absolute Gasteiger partial charge is 0.384 e. The molecule has 0 spiro atoms. The zero-order valence-corrected chi connectivity index (χ0v) is 18.3. The van der Waals surface area contributed by atoms with E-state index in [1.54, 1.807) is 16.8 Å². The van der Waals surface area contributed by atoms with Gasteiger partial charge in [0.1, 0.15) is 5.82 Å². The number of rotatable bonds is 6. The maximum atomic E-state index is 13.1. The summed E-state index contributed by atoms with van der Waals surface area (Å²) >= 11 is 0. The van der Waals surface area contributed by atoms with E-state index in [0.717, 1.165) is 22.6 Å². The molecule has 2 aromatic carbocycles. The van der Waals surface area contributed by atoms with E-state index in [-0.39, 0.29) is 18.4 Å². The monoisotopic (exact) mass is 427 g/mol. The van der Waals surface area contributed by atoms with E-state index in [1.165, 1.54) is 5.56 Å². The first-order chi connectivity index (χ1) is 15.4. The zero-order valence-electron chi connectivity index (χ0n) is 18.3. The summed E-state index contributed by atoms with van der Waals surface area (Å²) in [7, 11) is 0. The molecule has 0 fully saturated rings. The third-order valence-corrected chi connectivity index (χ3v) is 5.08. The SMILES string of the molecule is Cc1ccc(-c2cc(C(=O)NCc3cccc(N)n3)cc(-n3nnnc3C(C)C)c2)cc1. The van der Waals surface area contributed by atoms with Gasteiger partial charge in [0.25, 0.3) is 5.91 Å². The van der Waals surface area contributed by atoms with Crippen molar-refractivity contribution in [2.45, 2.75) is 33.2 Å². The summed E-state index contributed by atoms with van der Waals surface area (Å²) in [4.78, 5) is 17.3. The molecule has 0 saturated heterocycles. The van der Waals surface area contributed by atoms with Gasteiger partial charge in [-0.2, -0.15) is 4.68 Å². The summed E-state index contributed by atoms with van der Waals surface area (Å²) in [6.07, 6.45) is 0. The van der Waals surface area contributed by atoms with Gasteiger partial charge in [-0.05, 0) is 58.8 Å². The highest BCUT2D eigenvalue weighted by Crippen LogP contribution is 2.26. The van der Waals surface area contributed by atoms with E-state index in [2.05, 4.69) is 25.8 Å². The van der Waals surface area contributed by atoms with Crippen LogP contribution in [0.15, 0.2) is 60.7 Å². The third-order valence-electron chi connectivity index (χ3n) is 5.08.